The van der Waals surface area contributed by atoms with E-state index in [1.807, 2.05) is 0 Å². The zero-order valence-electron chi connectivity index (χ0n) is 13.2. The Morgan fingerprint density at radius 1 is 1.62 bits per heavy atom. The van der Waals surface area contributed by atoms with Gasteiger partial charge in [-0.25, -0.2) is 9.59 Å². The van der Waals surface area contributed by atoms with Crippen LogP contribution in [0.1, 0.15) is 25.1 Å². The Balaban J connectivity index is 2.25. The molecule has 1 aromatic rings. The molecule has 10 nitrogen and oxygen atoms in total. The number of azide groups is 1. The maximum atomic E-state index is 11.9. The number of rotatable bonds is 5. The Morgan fingerprint density at radius 2 is 2.38 bits per heavy atom. The molecule has 1 aromatic heterocycles. The highest BCUT2D eigenvalue weighted by Gasteiger charge is 2.34. The van der Waals surface area contributed by atoms with Gasteiger partial charge in [0.2, 0.25) is 0 Å². The number of carbonyl (C=O) groups excluding carboxylic acids is 1. The van der Waals surface area contributed by atoms with Gasteiger partial charge in [-0.2, -0.15) is 0 Å². The third-order valence-corrected chi connectivity index (χ3v) is 3.50. The van der Waals surface area contributed by atoms with Crippen LogP contribution >= 0.6 is 0 Å². The zero-order valence-corrected chi connectivity index (χ0v) is 13.2. The summed E-state index contributed by atoms with van der Waals surface area (Å²) in [4.78, 5) is 39.7. The van der Waals surface area contributed by atoms with E-state index in [9.17, 15) is 14.4 Å². The largest absolute Gasteiger partial charge is 0.463 e. The lowest BCUT2D eigenvalue weighted by molar-refractivity contribution is -0.137. The second kappa shape index (κ2) is 7.62. The number of aryl methyl sites for hydroxylation is 1. The summed E-state index contributed by atoms with van der Waals surface area (Å²) in [6.07, 6.45) is 2.83. The molecule has 0 radical (unpaired) electrons. The van der Waals surface area contributed by atoms with Crippen LogP contribution in [0.2, 0.25) is 0 Å². The van der Waals surface area contributed by atoms with Crippen molar-refractivity contribution in [1.82, 2.24) is 9.55 Å². The summed E-state index contributed by atoms with van der Waals surface area (Å²) in [5.74, 6) is -0.540. The quantitative estimate of drug-likeness (QED) is 0.280. The highest BCUT2D eigenvalue weighted by molar-refractivity contribution is 5.81. The molecule has 0 amide bonds. The molecule has 1 aliphatic heterocycles. The molecule has 0 bridgehead atoms. The minimum Gasteiger partial charge on any atom is -0.463 e. The molecule has 2 rings (SSSR count). The first-order valence-corrected chi connectivity index (χ1v) is 7.33. The van der Waals surface area contributed by atoms with E-state index in [1.54, 1.807) is 13.8 Å². The number of aromatic nitrogens is 2. The van der Waals surface area contributed by atoms with Gasteiger partial charge in [-0.1, -0.05) is 5.11 Å². The average molecular weight is 335 g/mol. The monoisotopic (exact) mass is 335 g/mol. The van der Waals surface area contributed by atoms with Crippen molar-refractivity contribution in [2.45, 2.75) is 38.6 Å². The Labute approximate surface area is 136 Å². The number of H-pyrrole nitrogens is 1. The standard InChI is InChI=1S/C14H17N5O5/c1-3-23-12(20)5-4-10-9(17-18-15)6-11(24-10)19-7-8(2)13(21)16-14(19)22/h4-5,7,9-11H,3,6H2,1-2H3,(H,16,21,22)/b5-4+/t9-,10+,11+/m0/s1. The molecule has 24 heavy (non-hydrogen) atoms. The summed E-state index contributed by atoms with van der Waals surface area (Å²) in [6.45, 7) is 3.48. The number of hydrogen-bond donors (Lipinski definition) is 1. The van der Waals surface area contributed by atoms with Crippen molar-refractivity contribution in [2.24, 2.45) is 5.11 Å². The maximum absolute atomic E-state index is 11.9. The smallest absolute Gasteiger partial charge is 0.330 e. The maximum Gasteiger partial charge on any atom is 0.330 e. The first-order valence-electron chi connectivity index (χ1n) is 7.33. The van der Waals surface area contributed by atoms with Gasteiger partial charge in [0.25, 0.3) is 5.56 Å². The molecule has 0 spiro atoms. The van der Waals surface area contributed by atoms with Crippen LogP contribution in [-0.4, -0.2) is 34.3 Å². The predicted molar refractivity (Wildman–Crippen MR) is 83.3 cm³/mol. The molecule has 10 heteroatoms. The topological polar surface area (TPSA) is 139 Å². The number of nitrogens with one attached hydrogen (secondary N) is 1. The number of aromatic amines is 1. The van der Waals surface area contributed by atoms with Gasteiger partial charge in [0, 0.05) is 29.2 Å². The van der Waals surface area contributed by atoms with Gasteiger partial charge in [-0.15, -0.1) is 0 Å². The van der Waals surface area contributed by atoms with Crippen molar-refractivity contribution < 1.29 is 14.3 Å². The van der Waals surface area contributed by atoms with Crippen molar-refractivity contribution in [1.29, 1.82) is 0 Å². The minimum atomic E-state index is -0.722. The van der Waals surface area contributed by atoms with E-state index in [0.717, 1.165) is 0 Å². The second-order valence-corrected chi connectivity index (χ2v) is 5.15. The van der Waals surface area contributed by atoms with Gasteiger partial charge in [-0.3, -0.25) is 14.3 Å². The van der Waals surface area contributed by atoms with Crippen LogP contribution in [0, 0.1) is 6.92 Å². The normalized spacial score (nSPS) is 23.2. The van der Waals surface area contributed by atoms with Gasteiger partial charge < -0.3 is 9.47 Å². The van der Waals surface area contributed by atoms with Crippen LogP contribution in [0.25, 0.3) is 10.4 Å². The van der Waals surface area contributed by atoms with Crippen molar-refractivity contribution in [3.63, 3.8) is 0 Å². The van der Waals surface area contributed by atoms with E-state index in [-0.39, 0.29) is 13.0 Å². The Bertz CT molecular complexity index is 805. The molecule has 1 saturated heterocycles. The predicted octanol–water partition coefficient (Wildman–Crippen LogP) is 0.931. The number of nitrogens with zero attached hydrogens (tertiary/aromatic N) is 4. The first-order chi connectivity index (χ1) is 11.5. The van der Waals surface area contributed by atoms with Gasteiger partial charge in [-0.05, 0) is 25.5 Å². The van der Waals surface area contributed by atoms with E-state index in [1.165, 1.54) is 22.9 Å². The molecular formula is C14H17N5O5. The van der Waals surface area contributed by atoms with E-state index in [4.69, 9.17) is 15.0 Å². The molecule has 0 saturated carbocycles. The van der Waals surface area contributed by atoms with Crippen molar-refractivity contribution in [2.75, 3.05) is 6.61 Å². The van der Waals surface area contributed by atoms with Gasteiger partial charge in [0.15, 0.2) is 0 Å². The minimum absolute atomic E-state index is 0.229. The fourth-order valence-corrected chi connectivity index (χ4v) is 2.36. The summed E-state index contributed by atoms with van der Waals surface area (Å²) in [5, 5.41) is 3.64. The Kier molecular flexibility index (Phi) is 5.56. The average Bonchev–Trinajstić information content (AvgIpc) is 2.92. The summed E-state index contributed by atoms with van der Waals surface area (Å²) in [6, 6.07) is -0.593. The lowest BCUT2D eigenvalue weighted by atomic mass is 10.1. The third-order valence-electron chi connectivity index (χ3n) is 3.50. The highest BCUT2D eigenvalue weighted by Crippen LogP contribution is 2.30. The van der Waals surface area contributed by atoms with E-state index in [2.05, 4.69) is 15.0 Å². The zero-order chi connectivity index (χ0) is 17.7. The fraction of sp³-hybridized carbons (Fsp3) is 0.500. The number of esters is 1. The van der Waals surface area contributed by atoms with Crippen LogP contribution in [0.15, 0.2) is 33.1 Å². The van der Waals surface area contributed by atoms with Gasteiger partial charge in [0.05, 0.1) is 18.8 Å². The molecule has 128 valence electrons. The van der Waals surface area contributed by atoms with E-state index >= 15 is 0 Å². The summed E-state index contributed by atoms with van der Waals surface area (Å²) in [7, 11) is 0. The summed E-state index contributed by atoms with van der Waals surface area (Å²) >= 11 is 0. The number of ether oxygens (including phenoxy) is 2. The third kappa shape index (κ3) is 3.92. The molecule has 0 aromatic carbocycles. The Morgan fingerprint density at radius 3 is 3.04 bits per heavy atom. The van der Waals surface area contributed by atoms with E-state index < -0.39 is 35.6 Å². The van der Waals surface area contributed by atoms with Crippen LogP contribution in [0.4, 0.5) is 0 Å². The molecule has 0 unspecified atom stereocenters. The number of hydrogen-bond acceptors (Lipinski definition) is 6. The van der Waals surface area contributed by atoms with Crippen LogP contribution in [-0.2, 0) is 14.3 Å². The summed E-state index contributed by atoms with van der Waals surface area (Å²) < 4.78 is 11.7. The van der Waals surface area contributed by atoms with Crippen LogP contribution < -0.4 is 11.2 Å². The lowest BCUT2D eigenvalue weighted by Gasteiger charge is -2.14. The SMILES string of the molecule is CCOC(=O)/C=C/[C@H]1O[C@@H](n2cc(C)c(=O)[nH]c2=O)C[C@@H]1N=[N+]=[N-]. The van der Waals surface area contributed by atoms with Crippen molar-refractivity contribution in [3.05, 3.63) is 55.2 Å². The molecule has 1 fully saturated rings. The molecule has 0 aliphatic carbocycles. The van der Waals surface area contributed by atoms with E-state index in [0.29, 0.717) is 5.56 Å². The highest BCUT2D eigenvalue weighted by atomic mass is 16.5. The lowest BCUT2D eigenvalue weighted by Crippen LogP contribution is -2.33. The molecule has 3 atom stereocenters. The summed E-state index contributed by atoms with van der Waals surface area (Å²) in [5.41, 5.74) is 7.93. The molecular weight excluding hydrogens is 318 g/mol. The van der Waals surface area contributed by atoms with Gasteiger partial charge in [0.1, 0.15) is 6.23 Å². The van der Waals surface area contributed by atoms with Gasteiger partial charge >= 0.3 is 11.7 Å². The first kappa shape index (κ1) is 17.5. The molecule has 1 aliphatic rings. The Hall–Kier alpha value is -2.84. The van der Waals surface area contributed by atoms with Crippen LogP contribution in [0.5, 0.6) is 0 Å². The van der Waals surface area contributed by atoms with Crippen molar-refractivity contribution >= 4 is 5.97 Å². The molecule has 1 N–H and O–H groups in total. The van der Waals surface area contributed by atoms with Crippen molar-refractivity contribution in [3.8, 4) is 0 Å². The number of carbonyl (C=O) groups is 1. The second-order valence-electron chi connectivity index (χ2n) is 5.15. The van der Waals surface area contributed by atoms with Crippen LogP contribution in [0.3, 0.4) is 0 Å². The fourth-order valence-electron chi connectivity index (χ4n) is 2.36. The molecule has 2 heterocycles.